The number of ether oxygens (including phenoxy) is 2. The lowest BCUT2D eigenvalue weighted by molar-refractivity contribution is 0.315. The molecule has 3 aromatic rings. The zero-order valence-electron chi connectivity index (χ0n) is 20.3. The number of carbonyl (C=O) groups excluding carboxylic acids is 1. The van der Waals surface area contributed by atoms with Gasteiger partial charge in [-0.3, -0.25) is 4.79 Å². The van der Waals surface area contributed by atoms with Crippen molar-refractivity contribution in [2.45, 2.75) is 31.7 Å². The molecule has 36 heavy (non-hydrogen) atoms. The molecule has 1 saturated carbocycles. The van der Waals surface area contributed by atoms with Crippen molar-refractivity contribution in [2.24, 2.45) is 5.92 Å². The Kier molecular flexibility index (Phi) is 7.01. The van der Waals surface area contributed by atoms with E-state index in [-0.39, 0.29) is 11.7 Å². The fourth-order valence-electron chi connectivity index (χ4n) is 4.68. The average molecular weight is 505 g/mol. The predicted molar refractivity (Wildman–Crippen MR) is 141 cm³/mol. The predicted octanol–water partition coefficient (Wildman–Crippen LogP) is 4.93. The van der Waals surface area contributed by atoms with Crippen molar-refractivity contribution in [3.05, 3.63) is 77.4 Å². The molecular formula is C29H30NO5S. The van der Waals surface area contributed by atoms with Crippen LogP contribution in [-0.2, 0) is 27.6 Å². The second-order valence-electron chi connectivity index (χ2n) is 9.62. The van der Waals surface area contributed by atoms with Gasteiger partial charge in [0.05, 0.1) is 19.0 Å². The highest BCUT2D eigenvalue weighted by Gasteiger charge is 2.38. The summed E-state index contributed by atoms with van der Waals surface area (Å²) in [6.45, 7) is 1.63. The van der Waals surface area contributed by atoms with Crippen LogP contribution < -0.4 is 14.8 Å². The Hall–Kier alpha value is -3.32. The molecule has 1 aliphatic carbocycles. The van der Waals surface area contributed by atoms with Crippen LogP contribution in [0.1, 0.15) is 35.4 Å². The van der Waals surface area contributed by atoms with Gasteiger partial charge in [-0.1, -0.05) is 24.3 Å². The normalized spacial score (nSPS) is 18.2. The van der Waals surface area contributed by atoms with Crippen molar-refractivity contribution in [3.8, 4) is 22.6 Å². The van der Waals surface area contributed by atoms with Crippen molar-refractivity contribution >= 4 is 21.8 Å². The summed E-state index contributed by atoms with van der Waals surface area (Å²) in [4.78, 5) is 10.8. The highest BCUT2D eigenvalue weighted by Crippen LogP contribution is 2.46. The van der Waals surface area contributed by atoms with Crippen LogP contribution in [0.2, 0.25) is 0 Å². The van der Waals surface area contributed by atoms with E-state index in [4.69, 9.17) is 9.47 Å². The maximum Gasteiger partial charge on any atom is 0.202 e. The molecule has 0 saturated heterocycles. The van der Waals surface area contributed by atoms with Crippen LogP contribution in [0.5, 0.6) is 11.5 Å². The molecule has 7 heteroatoms. The molecule has 1 radical (unpaired) electrons. The Bertz CT molecular complexity index is 1350. The van der Waals surface area contributed by atoms with Gasteiger partial charge in [0.15, 0.2) is 0 Å². The molecule has 1 aliphatic heterocycles. The SMILES string of the molecule is CS(=O)(=O)CCCOc1ccc2c(c1)CCOc1ccc(CNc3ccc([C@H]4C[C@@H]4[C]=O)cc3)cc1-2. The molecule has 2 atom stereocenters. The topological polar surface area (TPSA) is 81.7 Å². The molecule has 5 rings (SSSR count). The van der Waals surface area contributed by atoms with E-state index in [1.54, 1.807) is 0 Å². The summed E-state index contributed by atoms with van der Waals surface area (Å²) in [7, 11) is -2.98. The number of rotatable bonds is 10. The zero-order valence-corrected chi connectivity index (χ0v) is 21.1. The molecule has 1 fully saturated rings. The molecule has 6 nitrogen and oxygen atoms in total. The highest BCUT2D eigenvalue weighted by molar-refractivity contribution is 7.90. The average Bonchev–Trinajstić information content (AvgIpc) is 3.68. The fourth-order valence-corrected chi connectivity index (χ4v) is 5.32. The van der Waals surface area contributed by atoms with Gasteiger partial charge in [0.1, 0.15) is 21.3 Å². The Morgan fingerprint density at radius 2 is 1.89 bits per heavy atom. The maximum atomic E-state index is 11.3. The first-order valence-electron chi connectivity index (χ1n) is 12.3. The summed E-state index contributed by atoms with van der Waals surface area (Å²) in [6, 6.07) is 20.6. The third kappa shape index (κ3) is 5.90. The Balaban J connectivity index is 1.25. The van der Waals surface area contributed by atoms with Crippen LogP contribution in [-0.4, -0.2) is 39.9 Å². The lowest BCUT2D eigenvalue weighted by atomic mass is 9.96. The van der Waals surface area contributed by atoms with Crippen molar-refractivity contribution in [2.75, 3.05) is 30.5 Å². The zero-order chi connectivity index (χ0) is 25.1. The summed E-state index contributed by atoms with van der Waals surface area (Å²) in [5.41, 5.74) is 6.73. The van der Waals surface area contributed by atoms with Gasteiger partial charge in [-0.2, -0.15) is 0 Å². The Labute approximate surface area is 212 Å². The molecule has 0 aromatic heterocycles. The molecule has 1 N–H and O–H groups in total. The third-order valence-corrected chi connectivity index (χ3v) is 7.78. The minimum absolute atomic E-state index is 0.0657. The minimum Gasteiger partial charge on any atom is -0.494 e. The standard InChI is InChI=1S/C29H30NO5S/c1-36(32,33)14-2-12-34-25-8-9-26-22(16-25)11-13-35-29-10-3-20(15-28(26)29)18-30-24-6-4-21(5-7-24)27-17-23(27)19-31/h3-10,15-16,23,27,30H,2,11-14,17-18H2,1H3/t23-,27-/m1/s1. The Morgan fingerprint density at radius 3 is 2.64 bits per heavy atom. The van der Waals surface area contributed by atoms with E-state index < -0.39 is 9.84 Å². The van der Waals surface area contributed by atoms with E-state index in [9.17, 15) is 13.2 Å². The first-order chi connectivity index (χ1) is 17.4. The number of fused-ring (bicyclic) bond motifs is 3. The first kappa shape index (κ1) is 24.4. The van der Waals surface area contributed by atoms with E-state index in [2.05, 4.69) is 54.1 Å². The Morgan fingerprint density at radius 1 is 1.06 bits per heavy atom. The van der Waals surface area contributed by atoms with Crippen LogP contribution in [0.15, 0.2) is 60.7 Å². The van der Waals surface area contributed by atoms with Gasteiger partial charge >= 0.3 is 0 Å². The van der Waals surface area contributed by atoms with E-state index in [1.807, 2.05) is 18.2 Å². The van der Waals surface area contributed by atoms with E-state index >= 15 is 0 Å². The van der Waals surface area contributed by atoms with Crippen LogP contribution in [0.3, 0.4) is 0 Å². The summed E-state index contributed by atoms with van der Waals surface area (Å²) in [6.07, 6.45) is 5.49. The number of benzene rings is 3. The summed E-state index contributed by atoms with van der Waals surface area (Å²) in [5, 5.41) is 3.49. The number of sulfone groups is 1. The molecule has 1 heterocycles. The largest absolute Gasteiger partial charge is 0.494 e. The van der Waals surface area contributed by atoms with Gasteiger partial charge in [-0.15, -0.1) is 0 Å². The lowest BCUT2D eigenvalue weighted by Gasteiger charge is -2.14. The van der Waals surface area contributed by atoms with Crippen molar-refractivity contribution in [3.63, 3.8) is 0 Å². The molecule has 2 aliphatic rings. The second kappa shape index (κ2) is 10.3. The molecule has 0 bridgehead atoms. The van der Waals surface area contributed by atoms with Crippen LogP contribution in [0.4, 0.5) is 5.69 Å². The van der Waals surface area contributed by atoms with E-state index in [0.717, 1.165) is 52.3 Å². The number of hydrogen-bond donors (Lipinski definition) is 1. The molecule has 0 spiro atoms. The number of hydrogen-bond acceptors (Lipinski definition) is 6. The van der Waals surface area contributed by atoms with Crippen molar-refractivity contribution in [1.29, 1.82) is 0 Å². The second-order valence-corrected chi connectivity index (χ2v) is 11.9. The highest BCUT2D eigenvalue weighted by atomic mass is 32.2. The van der Waals surface area contributed by atoms with Gasteiger partial charge in [-0.05, 0) is 77.4 Å². The molecule has 3 aromatic carbocycles. The molecule has 0 amide bonds. The summed E-state index contributed by atoms with van der Waals surface area (Å²) in [5.74, 6) is 2.14. The summed E-state index contributed by atoms with van der Waals surface area (Å²) < 4.78 is 34.5. The van der Waals surface area contributed by atoms with E-state index in [0.29, 0.717) is 32.1 Å². The monoisotopic (exact) mass is 504 g/mol. The van der Waals surface area contributed by atoms with Crippen LogP contribution in [0.25, 0.3) is 11.1 Å². The summed E-state index contributed by atoms with van der Waals surface area (Å²) >= 11 is 0. The van der Waals surface area contributed by atoms with Crippen molar-refractivity contribution in [1.82, 2.24) is 0 Å². The smallest absolute Gasteiger partial charge is 0.202 e. The molecular weight excluding hydrogens is 474 g/mol. The number of nitrogens with one attached hydrogen (secondary N) is 1. The quantitative estimate of drug-likeness (QED) is 0.395. The number of anilines is 1. The molecule has 187 valence electrons. The fraction of sp³-hybridized carbons (Fsp3) is 0.345. The van der Waals surface area contributed by atoms with Gasteiger partial charge in [-0.25, -0.2) is 8.42 Å². The third-order valence-electron chi connectivity index (χ3n) is 6.75. The lowest BCUT2D eigenvalue weighted by Crippen LogP contribution is -2.08. The van der Waals surface area contributed by atoms with Crippen LogP contribution in [0, 0.1) is 5.92 Å². The van der Waals surface area contributed by atoms with Gasteiger partial charge in [0.2, 0.25) is 6.29 Å². The first-order valence-corrected chi connectivity index (χ1v) is 14.4. The molecule has 0 unspecified atom stereocenters. The van der Waals surface area contributed by atoms with E-state index in [1.165, 1.54) is 11.8 Å². The minimum atomic E-state index is -2.98. The van der Waals surface area contributed by atoms with Gasteiger partial charge < -0.3 is 14.8 Å². The van der Waals surface area contributed by atoms with Crippen LogP contribution >= 0.6 is 0 Å². The van der Waals surface area contributed by atoms with Gasteiger partial charge in [0, 0.05) is 36.4 Å². The van der Waals surface area contributed by atoms with Crippen molar-refractivity contribution < 1.29 is 22.7 Å². The van der Waals surface area contributed by atoms with Gasteiger partial charge in [0.25, 0.3) is 0 Å². The maximum absolute atomic E-state index is 11.3.